The number of alkyl halides is 1. The van der Waals surface area contributed by atoms with E-state index in [2.05, 4.69) is 58.9 Å². The Morgan fingerprint density at radius 3 is 1.44 bits per heavy atom. The fourth-order valence-electron chi connectivity index (χ4n) is 4.00. The smallest absolute Gasteiger partial charge is 1.00 e. The van der Waals surface area contributed by atoms with Crippen molar-refractivity contribution in [3.8, 4) is 23.0 Å². The first-order valence-electron chi connectivity index (χ1n) is 14.7. The van der Waals surface area contributed by atoms with Crippen LogP contribution < -0.4 is 31.4 Å². The Morgan fingerprint density at radius 1 is 0.651 bits per heavy atom. The van der Waals surface area contributed by atoms with Gasteiger partial charge in [-0.25, -0.2) is 0 Å². The van der Waals surface area contributed by atoms with Gasteiger partial charge in [-0.15, -0.1) is 11.6 Å². The molecule has 0 aliphatic heterocycles. The quantitative estimate of drug-likeness (QED) is 0.0961. The van der Waals surface area contributed by atoms with E-state index in [1.807, 2.05) is 12.1 Å². The molecule has 43 heavy (non-hydrogen) atoms. The van der Waals surface area contributed by atoms with Crippen molar-refractivity contribution in [2.45, 2.75) is 53.4 Å². The summed E-state index contributed by atoms with van der Waals surface area (Å²) in [5.41, 5.74) is 2.47. The second-order valence-corrected chi connectivity index (χ2v) is 11.2. The van der Waals surface area contributed by atoms with Gasteiger partial charge in [-0.05, 0) is 53.6 Å². The molecule has 0 spiro atoms. The predicted octanol–water partition coefficient (Wildman–Crippen LogP) is 4.55. The van der Waals surface area contributed by atoms with Crippen molar-refractivity contribution >= 4 is 34.7 Å². The minimum atomic E-state index is 0. The van der Waals surface area contributed by atoms with Crippen molar-refractivity contribution in [1.82, 2.24) is 0 Å². The van der Waals surface area contributed by atoms with E-state index in [-0.39, 0.29) is 35.5 Å². The molecule has 2 aromatic rings. The first-order valence-corrected chi connectivity index (χ1v) is 15.2. The van der Waals surface area contributed by atoms with Crippen LogP contribution in [-0.2, 0) is 22.3 Å². The normalized spacial score (nSPS) is 11.9. The molecule has 0 saturated heterocycles. The van der Waals surface area contributed by atoms with Crippen LogP contribution in [0.4, 0.5) is 0 Å². The Hall–Kier alpha value is -1.09. The third-order valence-electron chi connectivity index (χ3n) is 7.04. The van der Waals surface area contributed by atoms with E-state index >= 15 is 0 Å². The average molecular weight is 654 g/mol. The van der Waals surface area contributed by atoms with Gasteiger partial charge in [0.1, 0.15) is 0 Å². The van der Waals surface area contributed by atoms with Crippen molar-refractivity contribution < 1.29 is 40.8 Å². The number of benzene rings is 2. The van der Waals surface area contributed by atoms with Crippen LogP contribution in [0.1, 0.15) is 51.7 Å². The zero-order valence-electron chi connectivity index (χ0n) is 27.8. The summed E-state index contributed by atoms with van der Waals surface area (Å²) in [4.78, 5) is 0. The third-order valence-corrected chi connectivity index (χ3v) is 7.43. The molecular formula is C34H54Cl2MgO6. The molecule has 0 amide bonds. The molecule has 0 aromatic heterocycles. The maximum Gasteiger partial charge on any atom is 2.00 e. The van der Waals surface area contributed by atoms with Gasteiger partial charge in [0, 0.05) is 46.2 Å². The van der Waals surface area contributed by atoms with E-state index in [0.717, 1.165) is 48.7 Å². The van der Waals surface area contributed by atoms with E-state index < -0.39 is 0 Å². The minimum Gasteiger partial charge on any atom is -1.00 e. The Bertz CT molecular complexity index is 960. The summed E-state index contributed by atoms with van der Waals surface area (Å²) < 4.78 is 32.3. The van der Waals surface area contributed by atoms with Gasteiger partial charge in [-0.3, -0.25) is 0 Å². The largest absolute Gasteiger partial charge is 2.00 e. The van der Waals surface area contributed by atoms with Gasteiger partial charge in [0.2, 0.25) is 0 Å². The molecule has 0 N–H and O–H groups in total. The summed E-state index contributed by atoms with van der Waals surface area (Å²) in [5, 5.41) is 0. The first-order chi connectivity index (χ1) is 19.7. The summed E-state index contributed by atoms with van der Waals surface area (Å²) in [5.74, 6) is 5.83. The molecular weight excluding hydrogens is 600 g/mol. The topological polar surface area (TPSA) is 55.4 Å². The predicted molar refractivity (Wildman–Crippen MR) is 176 cm³/mol. The van der Waals surface area contributed by atoms with Gasteiger partial charge in [-0.2, -0.15) is 5.92 Å². The molecule has 0 bridgehead atoms. The number of halogens is 2. The number of rotatable bonds is 19. The van der Waals surface area contributed by atoms with Crippen LogP contribution in [0.5, 0.6) is 23.0 Å². The standard InChI is InChI=1S/C17H27ClO3.C17H27O3.ClH.Mg/c1-13(2)15(12-18)10-14-6-7-16(20-4)17(11-14)21-9-5-8-19-3;1-13(2)14(3)11-15-7-8-16(19-5)17(12-15)20-10-6-9-18-4;;/h6-7,11,13,15H,5,8-10,12H2,1-4H3;7-8,12-14H,3,6,9-11H2,1-2,4-5H3;1H;/q;-1;;+2/p-1/t15-;14-;;/m01../s1. The molecule has 9 heteroatoms. The van der Waals surface area contributed by atoms with Gasteiger partial charge in [0.15, 0.2) is 23.0 Å². The molecule has 0 aliphatic carbocycles. The second-order valence-electron chi connectivity index (χ2n) is 10.9. The Labute approximate surface area is 289 Å². The Balaban J connectivity index is 0. The molecule has 0 radical (unpaired) electrons. The molecule has 2 aromatic carbocycles. The van der Waals surface area contributed by atoms with Crippen molar-refractivity contribution in [3.63, 3.8) is 0 Å². The second kappa shape index (κ2) is 26.2. The van der Waals surface area contributed by atoms with Crippen molar-refractivity contribution in [3.05, 3.63) is 54.4 Å². The third kappa shape index (κ3) is 17.8. The Morgan fingerprint density at radius 2 is 1.09 bits per heavy atom. The van der Waals surface area contributed by atoms with Crippen LogP contribution >= 0.6 is 11.6 Å². The molecule has 0 aliphatic rings. The molecule has 242 valence electrons. The average Bonchev–Trinajstić information content (AvgIpc) is 2.96. The van der Waals surface area contributed by atoms with E-state index in [4.69, 9.17) is 40.0 Å². The van der Waals surface area contributed by atoms with E-state index in [1.165, 1.54) is 11.1 Å². The molecule has 0 fully saturated rings. The number of hydrogen-bond acceptors (Lipinski definition) is 6. The minimum absolute atomic E-state index is 0. The maximum absolute atomic E-state index is 6.06. The molecule has 2 rings (SSSR count). The number of methoxy groups -OCH3 is 4. The SMILES string of the molecule is COCCCOc1cc(C[C@@H](CCl)C(C)C)ccc1OC.[CH2-][C@H](Cc1ccc(OC)c(OCCCOC)c1)C(C)C.[Cl-].[Mg+2]. The summed E-state index contributed by atoms with van der Waals surface area (Å²) in [6, 6.07) is 12.2. The molecule has 0 unspecified atom stereocenters. The van der Waals surface area contributed by atoms with E-state index in [1.54, 1.807) is 28.4 Å². The number of ether oxygens (including phenoxy) is 6. The summed E-state index contributed by atoms with van der Waals surface area (Å²) >= 11 is 6.06. The van der Waals surface area contributed by atoms with Crippen LogP contribution in [0.3, 0.4) is 0 Å². The maximum atomic E-state index is 6.06. The van der Waals surface area contributed by atoms with Crippen LogP contribution in [0.2, 0.25) is 0 Å². The van der Waals surface area contributed by atoms with Gasteiger partial charge < -0.3 is 47.8 Å². The van der Waals surface area contributed by atoms with Crippen molar-refractivity contribution in [2.24, 2.45) is 23.7 Å². The molecule has 6 nitrogen and oxygen atoms in total. The first kappa shape index (κ1) is 44.0. The summed E-state index contributed by atoms with van der Waals surface area (Å²) in [6.45, 7) is 15.7. The van der Waals surface area contributed by atoms with Gasteiger partial charge in [0.25, 0.3) is 0 Å². The molecule has 2 atom stereocenters. The zero-order chi connectivity index (χ0) is 30.6. The van der Waals surface area contributed by atoms with Crippen LogP contribution in [0.15, 0.2) is 36.4 Å². The van der Waals surface area contributed by atoms with Gasteiger partial charge >= 0.3 is 23.1 Å². The van der Waals surface area contributed by atoms with E-state index in [0.29, 0.717) is 56.0 Å². The zero-order valence-corrected chi connectivity index (χ0v) is 30.7. The summed E-state index contributed by atoms with van der Waals surface area (Å²) in [7, 11) is 6.71. The van der Waals surface area contributed by atoms with Crippen molar-refractivity contribution in [1.29, 1.82) is 0 Å². The van der Waals surface area contributed by atoms with E-state index in [9.17, 15) is 0 Å². The van der Waals surface area contributed by atoms with Gasteiger partial charge in [0.05, 0.1) is 27.4 Å². The van der Waals surface area contributed by atoms with Crippen LogP contribution in [-0.4, -0.2) is 83.8 Å². The van der Waals surface area contributed by atoms with Crippen LogP contribution in [0.25, 0.3) is 0 Å². The monoisotopic (exact) mass is 652 g/mol. The Kier molecular flexibility index (Phi) is 26.8. The van der Waals surface area contributed by atoms with Crippen LogP contribution in [0, 0.1) is 30.6 Å². The number of hydrogen-bond donors (Lipinski definition) is 0. The molecule has 0 heterocycles. The molecule has 0 saturated carbocycles. The fourth-order valence-corrected chi connectivity index (χ4v) is 4.47. The van der Waals surface area contributed by atoms with Gasteiger partial charge in [-0.1, -0.05) is 52.2 Å². The fraction of sp³-hybridized carbons (Fsp3) is 0.618. The van der Waals surface area contributed by atoms with Crippen molar-refractivity contribution in [2.75, 3.05) is 60.7 Å². The summed E-state index contributed by atoms with van der Waals surface area (Å²) in [6.07, 6.45) is 3.64.